The zero-order valence-corrected chi connectivity index (χ0v) is 34.6. The van der Waals surface area contributed by atoms with Crippen LogP contribution >= 0.6 is 0 Å². The molecule has 8 rings (SSSR count). The van der Waals surface area contributed by atoms with Gasteiger partial charge in [-0.25, -0.2) is 8.78 Å². The van der Waals surface area contributed by atoms with E-state index in [1.165, 1.54) is 23.1 Å². The topological polar surface area (TPSA) is 113 Å². The minimum Gasteiger partial charge on any atom is -0.448 e. The Bertz CT molecular complexity index is 2220. The molecule has 5 aliphatic rings. The van der Waals surface area contributed by atoms with Crippen molar-refractivity contribution in [1.29, 1.82) is 0 Å². The third-order valence-corrected chi connectivity index (χ3v) is 14.8. The van der Waals surface area contributed by atoms with Crippen molar-refractivity contribution in [2.24, 2.45) is 16.2 Å². The third kappa shape index (κ3) is 7.43. The first-order valence-electron chi connectivity index (χ1n) is 20.6. The van der Waals surface area contributed by atoms with Crippen LogP contribution in [-0.4, -0.2) is 63.0 Å². The minimum atomic E-state index is -4.91. The molecule has 1 heterocycles. The number of ketones is 1. The van der Waals surface area contributed by atoms with E-state index in [0.717, 1.165) is 29.8 Å². The predicted octanol–water partition coefficient (Wildman–Crippen LogP) is 9.28. The lowest BCUT2D eigenvalue weighted by molar-refractivity contribution is -0.274. The SMILES string of the molecule is CC1=CCC[C@@]2(C)[C@@H](CC[C@@]2(O)CN(Cc2ccc(OC(F)(F)F)cc2)C(=O)[C@@]23CC[C@@](C)(C(=O)O2)C3(C)C)c2ccc(cc2C(=O)c2ccc(F)c(F)c2)C[C@@H](O)CC1. The van der Waals surface area contributed by atoms with Crippen molar-refractivity contribution in [3.63, 3.8) is 0 Å². The van der Waals surface area contributed by atoms with Crippen molar-refractivity contribution in [1.82, 2.24) is 4.90 Å². The van der Waals surface area contributed by atoms with E-state index in [9.17, 15) is 41.8 Å². The average Bonchev–Trinajstić information content (AvgIpc) is 3.61. The maximum Gasteiger partial charge on any atom is 0.573 e. The second-order valence-corrected chi connectivity index (χ2v) is 18.4. The van der Waals surface area contributed by atoms with Crippen molar-refractivity contribution in [2.45, 2.75) is 129 Å². The second kappa shape index (κ2) is 15.4. The van der Waals surface area contributed by atoms with Gasteiger partial charge in [0.2, 0.25) is 0 Å². The zero-order valence-electron chi connectivity index (χ0n) is 34.6. The summed E-state index contributed by atoms with van der Waals surface area (Å²) in [5, 5.41) is 24.2. The van der Waals surface area contributed by atoms with E-state index >= 15 is 4.79 Å². The number of aliphatic hydroxyl groups excluding tert-OH is 1. The molecular weight excluding hydrogens is 786 g/mol. The van der Waals surface area contributed by atoms with Gasteiger partial charge in [-0.3, -0.25) is 14.4 Å². The second-order valence-electron chi connectivity index (χ2n) is 18.4. The summed E-state index contributed by atoms with van der Waals surface area (Å²) in [4.78, 5) is 44.4. The minimum absolute atomic E-state index is 0.0672. The first kappa shape index (κ1) is 43.5. The molecular formula is C47H52F5NO7. The van der Waals surface area contributed by atoms with Gasteiger partial charge in [-0.1, -0.05) is 56.7 Å². The molecule has 1 aliphatic heterocycles. The number of esters is 1. The Kier molecular flexibility index (Phi) is 11.1. The number of amides is 1. The summed E-state index contributed by atoms with van der Waals surface area (Å²) in [5.74, 6) is -4.78. The lowest BCUT2D eigenvalue weighted by Gasteiger charge is -2.47. The van der Waals surface area contributed by atoms with Gasteiger partial charge in [-0.15, -0.1) is 13.2 Å². The molecule has 13 heteroatoms. The number of fused-ring (bicyclic) bond motifs is 10. The maximum atomic E-state index is 15.2. The number of nitrogens with zero attached hydrogens (tertiary/aromatic N) is 1. The van der Waals surface area contributed by atoms with Crippen LogP contribution in [0.3, 0.4) is 0 Å². The van der Waals surface area contributed by atoms with E-state index in [-0.39, 0.29) is 43.5 Å². The molecule has 2 saturated carbocycles. The quantitative estimate of drug-likeness (QED) is 0.101. The molecule has 0 spiro atoms. The molecule has 322 valence electrons. The number of halogens is 5. The molecule has 60 heavy (non-hydrogen) atoms. The summed E-state index contributed by atoms with van der Waals surface area (Å²) in [6.07, 6.45) is -0.140. The lowest BCUT2D eigenvalue weighted by atomic mass is 9.64. The van der Waals surface area contributed by atoms with Gasteiger partial charge in [0.15, 0.2) is 23.0 Å². The standard InChI is InChI=1S/C47H52F5NO7/c1-28-7-6-19-43(4)36(34-16-11-30(23-32(54)13-8-28)24-35(34)39(55)31-12-17-37(48)38(49)25-31)18-20-45(43,58)27-53(26-29-9-14-33(15-10-29)59-47(50,51)52)40(56)46-22-21-44(5,41(57)60-46)42(46,2)3/h7,9-12,14-17,24-25,32,36,54,58H,6,8,13,18-23,26-27H2,1-5H3/t32-,36-,43-,44-,45+,46+/m0/s1. The first-order valence-corrected chi connectivity index (χ1v) is 20.6. The van der Waals surface area contributed by atoms with Crippen LogP contribution in [0.2, 0.25) is 0 Å². The molecule has 6 atom stereocenters. The largest absolute Gasteiger partial charge is 0.573 e. The van der Waals surface area contributed by atoms with Gasteiger partial charge in [-0.05, 0) is 131 Å². The third-order valence-electron chi connectivity index (χ3n) is 14.8. The smallest absolute Gasteiger partial charge is 0.448 e. The summed E-state index contributed by atoms with van der Waals surface area (Å²) in [6.45, 7) is 8.96. The summed E-state index contributed by atoms with van der Waals surface area (Å²) >= 11 is 0. The van der Waals surface area contributed by atoms with E-state index in [1.807, 2.05) is 39.8 Å². The number of carbonyl (C=O) groups excluding carboxylic acids is 3. The molecule has 0 radical (unpaired) electrons. The van der Waals surface area contributed by atoms with E-state index in [0.29, 0.717) is 55.2 Å². The first-order chi connectivity index (χ1) is 28.0. The molecule has 3 aromatic rings. The Balaban J connectivity index is 1.32. The number of alkyl halides is 3. The Labute approximate surface area is 346 Å². The normalized spacial score (nSPS) is 30.0. The van der Waals surface area contributed by atoms with Crippen molar-refractivity contribution in [3.05, 3.63) is 112 Å². The highest BCUT2D eigenvalue weighted by Crippen LogP contribution is 2.66. The van der Waals surface area contributed by atoms with Crippen LogP contribution < -0.4 is 4.74 Å². The van der Waals surface area contributed by atoms with Crippen molar-refractivity contribution >= 4 is 17.7 Å². The summed E-state index contributed by atoms with van der Waals surface area (Å²) < 4.78 is 77.8. The van der Waals surface area contributed by atoms with E-state index < -0.39 is 80.9 Å². The summed E-state index contributed by atoms with van der Waals surface area (Å²) in [7, 11) is 0. The lowest BCUT2D eigenvalue weighted by Crippen LogP contribution is -2.60. The number of ether oxygens (including phenoxy) is 2. The highest BCUT2D eigenvalue weighted by molar-refractivity contribution is 6.10. The van der Waals surface area contributed by atoms with Gasteiger partial charge in [0.1, 0.15) is 5.75 Å². The molecule has 4 bridgehead atoms. The number of carbonyl (C=O) groups is 3. The van der Waals surface area contributed by atoms with Gasteiger partial charge in [0.05, 0.1) is 23.7 Å². The van der Waals surface area contributed by atoms with Crippen LogP contribution in [0, 0.1) is 27.9 Å². The van der Waals surface area contributed by atoms with E-state index in [1.54, 1.807) is 13.0 Å². The zero-order chi connectivity index (χ0) is 43.6. The molecule has 0 unspecified atom stereocenters. The number of hydrogen-bond donors (Lipinski definition) is 2. The molecule has 3 fully saturated rings. The monoisotopic (exact) mass is 837 g/mol. The fourth-order valence-electron chi connectivity index (χ4n) is 10.5. The molecule has 8 nitrogen and oxygen atoms in total. The van der Waals surface area contributed by atoms with Crippen molar-refractivity contribution in [3.8, 4) is 5.75 Å². The van der Waals surface area contributed by atoms with Crippen LogP contribution in [0.5, 0.6) is 5.75 Å². The molecule has 1 amide bonds. The molecule has 4 aliphatic carbocycles. The number of hydrogen-bond acceptors (Lipinski definition) is 7. The number of rotatable bonds is 8. The van der Waals surface area contributed by atoms with Crippen molar-refractivity contribution in [2.75, 3.05) is 6.54 Å². The molecule has 1 saturated heterocycles. The van der Waals surface area contributed by atoms with E-state index in [2.05, 4.69) is 10.8 Å². The van der Waals surface area contributed by atoms with Crippen LogP contribution in [-0.2, 0) is 27.3 Å². The van der Waals surface area contributed by atoms with Gasteiger partial charge in [-0.2, -0.15) is 0 Å². The Morgan fingerprint density at radius 2 is 1.63 bits per heavy atom. The van der Waals surface area contributed by atoms with Crippen LogP contribution in [0.25, 0.3) is 0 Å². The highest BCUT2D eigenvalue weighted by Gasteiger charge is 2.76. The van der Waals surface area contributed by atoms with Crippen LogP contribution in [0.4, 0.5) is 22.0 Å². The Morgan fingerprint density at radius 3 is 2.27 bits per heavy atom. The van der Waals surface area contributed by atoms with Gasteiger partial charge in [0, 0.05) is 28.5 Å². The van der Waals surface area contributed by atoms with Crippen LogP contribution in [0.1, 0.15) is 125 Å². The molecule has 3 aromatic carbocycles. The Hall–Kier alpha value is -4.62. The summed E-state index contributed by atoms with van der Waals surface area (Å²) in [5.41, 5.74) is -3.21. The molecule has 2 N–H and O–H groups in total. The fraction of sp³-hybridized carbons (Fsp3) is 0.511. The fourth-order valence-corrected chi connectivity index (χ4v) is 10.5. The Morgan fingerprint density at radius 1 is 0.917 bits per heavy atom. The number of benzene rings is 3. The number of allylic oxidation sites excluding steroid dienone is 2. The average molecular weight is 838 g/mol. The maximum absolute atomic E-state index is 15.2. The van der Waals surface area contributed by atoms with Gasteiger partial charge in [0.25, 0.3) is 5.91 Å². The predicted molar refractivity (Wildman–Crippen MR) is 212 cm³/mol. The van der Waals surface area contributed by atoms with Gasteiger partial charge >= 0.3 is 12.3 Å². The molecule has 0 aromatic heterocycles. The van der Waals surface area contributed by atoms with E-state index in [4.69, 9.17) is 4.74 Å². The highest BCUT2D eigenvalue weighted by atomic mass is 19.4. The summed E-state index contributed by atoms with van der Waals surface area (Å²) in [6, 6.07) is 13.4. The van der Waals surface area contributed by atoms with Crippen molar-refractivity contribution < 1.29 is 56.0 Å². The van der Waals surface area contributed by atoms with Crippen LogP contribution in [0.15, 0.2) is 72.3 Å². The number of aliphatic hydroxyl groups is 2. The van der Waals surface area contributed by atoms with Gasteiger partial charge < -0.3 is 24.6 Å².